The van der Waals surface area contributed by atoms with E-state index in [1.807, 2.05) is 13.0 Å². The summed E-state index contributed by atoms with van der Waals surface area (Å²) in [6.45, 7) is 4.55. The van der Waals surface area contributed by atoms with Crippen LogP contribution in [0.1, 0.15) is 25.0 Å². The van der Waals surface area contributed by atoms with Gasteiger partial charge in [0.05, 0.1) is 0 Å². The number of carbonyl (C=O) groups excluding carboxylic acids is 3. The predicted molar refractivity (Wildman–Crippen MR) is 109 cm³/mol. The third-order valence-corrected chi connectivity index (χ3v) is 3.99. The number of rotatable bonds is 6. The normalized spacial score (nSPS) is 12.1. The molecule has 0 bridgehead atoms. The molecule has 7 heteroatoms. The van der Waals surface area contributed by atoms with Crippen LogP contribution in [-0.4, -0.2) is 23.9 Å². The molecule has 1 atom stereocenters. The van der Waals surface area contributed by atoms with Gasteiger partial charge in [-0.05, 0) is 43.2 Å². The fourth-order valence-electron chi connectivity index (χ4n) is 2.29. The first kappa shape index (κ1) is 21.2. The Hall–Kier alpha value is -3.12. The molecule has 2 rings (SSSR count). The molecule has 0 aliphatic carbocycles. The molecule has 0 saturated carbocycles. The van der Waals surface area contributed by atoms with Crippen molar-refractivity contribution in [2.45, 2.75) is 26.9 Å². The van der Waals surface area contributed by atoms with E-state index in [-0.39, 0.29) is 5.70 Å². The second-order valence-electron chi connectivity index (χ2n) is 6.15. The molecule has 0 aliphatic rings. The highest BCUT2D eigenvalue weighted by Gasteiger charge is 2.22. The van der Waals surface area contributed by atoms with Gasteiger partial charge in [0.2, 0.25) is 5.91 Å². The van der Waals surface area contributed by atoms with Gasteiger partial charge < -0.3 is 15.4 Å². The highest BCUT2D eigenvalue weighted by molar-refractivity contribution is 6.31. The zero-order valence-corrected chi connectivity index (χ0v) is 16.5. The van der Waals surface area contributed by atoms with E-state index in [9.17, 15) is 14.4 Å². The largest absolute Gasteiger partial charge is 0.448 e. The molecule has 0 aromatic heterocycles. The molecule has 0 radical (unpaired) electrons. The summed E-state index contributed by atoms with van der Waals surface area (Å²) in [7, 11) is 0. The molecule has 2 N–H and O–H groups in total. The molecule has 2 aromatic rings. The highest BCUT2D eigenvalue weighted by Crippen LogP contribution is 2.20. The van der Waals surface area contributed by atoms with Crippen LogP contribution in [0, 0.1) is 6.92 Å². The van der Waals surface area contributed by atoms with Gasteiger partial charge >= 0.3 is 5.97 Å². The second kappa shape index (κ2) is 9.71. The van der Waals surface area contributed by atoms with Crippen LogP contribution in [0.4, 0.5) is 5.69 Å². The van der Waals surface area contributed by atoms with E-state index in [0.717, 1.165) is 5.56 Å². The van der Waals surface area contributed by atoms with E-state index in [1.54, 1.807) is 42.5 Å². The Morgan fingerprint density at radius 1 is 1.11 bits per heavy atom. The lowest BCUT2D eigenvalue weighted by Crippen LogP contribution is -2.34. The molecule has 0 aliphatic heterocycles. The summed E-state index contributed by atoms with van der Waals surface area (Å²) in [6, 6.07) is 14.1. The Morgan fingerprint density at radius 2 is 1.79 bits per heavy atom. The maximum Gasteiger partial charge on any atom is 0.355 e. The van der Waals surface area contributed by atoms with Gasteiger partial charge in [-0.3, -0.25) is 9.59 Å². The molecule has 146 valence electrons. The van der Waals surface area contributed by atoms with Gasteiger partial charge in [0.25, 0.3) is 5.91 Å². The maximum absolute atomic E-state index is 12.5. The zero-order chi connectivity index (χ0) is 20.7. The summed E-state index contributed by atoms with van der Waals surface area (Å²) < 4.78 is 5.22. The highest BCUT2D eigenvalue weighted by atomic mass is 35.5. The Kier molecular flexibility index (Phi) is 7.35. The number of carbonyl (C=O) groups is 3. The van der Waals surface area contributed by atoms with E-state index in [4.69, 9.17) is 16.3 Å². The predicted octanol–water partition coefficient (Wildman–Crippen LogP) is 3.70. The van der Waals surface area contributed by atoms with Crippen molar-refractivity contribution < 1.29 is 19.1 Å². The average molecular weight is 401 g/mol. The molecular formula is C21H21ClN2O4. The van der Waals surface area contributed by atoms with Crippen LogP contribution in [0.5, 0.6) is 0 Å². The van der Waals surface area contributed by atoms with Gasteiger partial charge in [-0.25, -0.2) is 4.79 Å². The smallest absolute Gasteiger partial charge is 0.355 e. The molecule has 6 nitrogen and oxygen atoms in total. The zero-order valence-electron chi connectivity index (χ0n) is 15.8. The van der Waals surface area contributed by atoms with Gasteiger partial charge in [-0.2, -0.15) is 0 Å². The van der Waals surface area contributed by atoms with Gasteiger partial charge in [-0.15, -0.1) is 0 Å². The molecular weight excluding hydrogens is 380 g/mol. The fraction of sp³-hybridized carbons (Fsp3) is 0.190. The SMILES string of the molecule is CC(=O)N/C(=C\c1ccccc1)C(=O)O[C@@H](C)C(=O)Nc1cc(Cl)ccc1C. The van der Waals surface area contributed by atoms with Crippen molar-refractivity contribution in [3.63, 3.8) is 0 Å². The van der Waals surface area contributed by atoms with Crippen molar-refractivity contribution in [3.05, 3.63) is 70.4 Å². The van der Waals surface area contributed by atoms with Crippen molar-refractivity contribution in [2.75, 3.05) is 5.32 Å². The number of hydrogen-bond donors (Lipinski definition) is 2. The molecule has 0 spiro atoms. The van der Waals surface area contributed by atoms with Crippen LogP contribution in [0.3, 0.4) is 0 Å². The average Bonchev–Trinajstić information content (AvgIpc) is 2.64. The van der Waals surface area contributed by atoms with Crippen LogP contribution in [0.25, 0.3) is 6.08 Å². The number of aryl methyl sites for hydroxylation is 1. The van der Waals surface area contributed by atoms with Crippen molar-refractivity contribution in [1.82, 2.24) is 5.32 Å². The lowest BCUT2D eigenvalue weighted by Gasteiger charge is -2.16. The first-order valence-electron chi connectivity index (χ1n) is 8.58. The van der Waals surface area contributed by atoms with Crippen molar-refractivity contribution in [3.8, 4) is 0 Å². The van der Waals surface area contributed by atoms with Crippen LogP contribution >= 0.6 is 11.6 Å². The van der Waals surface area contributed by atoms with Gasteiger partial charge in [-0.1, -0.05) is 48.0 Å². The minimum Gasteiger partial charge on any atom is -0.448 e. The summed E-state index contributed by atoms with van der Waals surface area (Å²) in [4.78, 5) is 36.3. The summed E-state index contributed by atoms with van der Waals surface area (Å²) in [6.07, 6.45) is 0.397. The van der Waals surface area contributed by atoms with Crippen molar-refractivity contribution in [1.29, 1.82) is 0 Å². The number of anilines is 1. The van der Waals surface area contributed by atoms with Crippen LogP contribution in [-0.2, 0) is 19.1 Å². The minimum atomic E-state index is -1.08. The standard InChI is InChI=1S/C21H21ClN2O4/c1-13-9-10-17(22)12-18(13)24-20(26)14(2)28-21(27)19(23-15(3)25)11-16-7-5-4-6-8-16/h4-12,14H,1-3H3,(H,23,25)(H,24,26)/b19-11-/t14-/m0/s1. The Morgan fingerprint density at radius 3 is 2.43 bits per heavy atom. The molecule has 2 aromatic carbocycles. The van der Waals surface area contributed by atoms with E-state index < -0.39 is 23.9 Å². The van der Waals surface area contributed by atoms with Crippen LogP contribution < -0.4 is 10.6 Å². The number of halogens is 1. The third kappa shape index (κ3) is 6.25. The Balaban J connectivity index is 2.11. The van der Waals surface area contributed by atoms with Gasteiger partial charge in [0, 0.05) is 17.6 Å². The maximum atomic E-state index is 12.5. The fourth-order valence-corrected chi connectivity index (χ4v) is 2.46. The lowest BCUT2D eigenvalue weighted by atomic mass is 10.2. The van der Waals surface area contributed by atoms with Gasteiger partial charge in [0.1, 0.15) is 5.70 Å². The minimum absolute atomic E-state index is 0.0581. The van der Waals surface area contributed by atoms with E-state index in [2.05, 4.69) is 10.6 Å². The lowest BCUT2D eigenvalue weighted by molar-refractivity contribution is -0.149. The van der Waals surface area contributed by atoms with E-state index in [1.165, 1.54) is 19.9 Å². The number of ether oxygens (including phenoxy) is 1. The molecule has 28 heavy (non-hydrogen) atoms. The van der Waals surface area contributed by atoms with Crippen LogP contribution in [0.15, 0.2) is 54.2 Å². The van der Waals surface area contributed by atoms with Gasteiger partial charge in [0.15, 0.2) is 6.10 Å². The first-order chi connectivity index (χ1) is 13.3. The van der Waals surface area contributed by atoms with E-state index in [0.29, 0.717) is 16.3 Å². The molecule has 0 saturated heterocycles. The summed E-state index contributed by atoms with van der Waals surface area (Å²) in [5.74, 6) is -1.75. The first-order valence-corrected chi connectivity index (χ1v) is 8.96. The number of esters is 1. The van der Waals surface area contributed by atoms with Crippen LogP contribution in [0.2, 0.25) is 5.02 Å². The summed E-state index contributed by atoms with van der Waals surface area (Å²) in [5.41, 5.74) is 1.99. The summed E-state index contributed by atoms with van der Waals surface area (Å²) in [5, 5.41) is 5.59. The monoisotopic (exact) mass is 400 g/mol. The topological polar surface area (TPSA) is 84.5 Å². The van der Waals surface area contributed by atoms with E-state index >= 15 is 0 Å². The number of hydrogen-bond acceptors (Lipinski definition) is 4. The third-order valence-electron chi connectivity index (χ3n) is 3.75. The number of amides is 2. The Labute approximate surface area is 168 Å². The second-order valence-corrected chi connectivity index (χ2v) is 6.58. The molecule has 0 unspecified atom stereocenters. The summed E-state index contributed by atoms with van der Waals surface area (Å²) >= 11 is 5.95. The van der Waals surface area contributed by atoms with Crippen molar-refractivity contribution in [2.24, 2.45) is 0 Å². The quantitative estimate of drug-likeness (QED) is 0.572. The van der Waals surface area contributed by atoms with Crippen molar-refractivity contribution >= 4 is 41.1 Å². The molecule has 2 amide bonds. The molecule has 0 heterocycles. The number of benzene rings is 2. The molecule has 0 fully saturated rings. The Bertz CT molecular complexity index is 910. The number of nitrogens with one attached hydrogen (secondary N) is 2.